The number of allylic oxidation sites excluding steroid dienone is 20. The van der Waals surface area contributed by atoms with E-state index in [1.807, 2.05) is 0 Å². The van der Waals surface area contributed by atoms with Crippen LogP contribution in [0, 0.1) is 0 Å². The average Bonchev–Trinajstić information content (AvgIpc) is 3.34. The second-order valence-corrected chi connectivity index (χ2v) is 17.7. The molecule has 0 rings (SSSR count). The van der Waals surface area contributed by atoms with Gasteiger partial charge < -0.3 is 14.2 Å². The third kappa shape index (κ3) is 52.8. The van der Waals surface area contributed by atoms with E-state index in [-0.39, 0.29) is 37.5 Å². The molecular weight excluding hydrogens is 841 g/mol. The molecule has 68 heavy (non-hydrogen) atoms. The standard InChI is InChI=1S/C62H100O6/c1-4-7-10-13-16-18-20-22-24-26-27-28-29-30-31-32-33-34-35-37-38-40-42-44-46-49-52-55-61(64)67-58-59(57-66-60(63)54-51-48-15-12-9-6-3)68-62(65)56-53-50-47-45-43-41-39-36-25-23-21-19-17-14-11-8-5-2/h7-8,10-11,16-19,22-25,27-28,30-31,39,41,45,47,59H,4-6,9,12-15,20-21,26,29,32-38,40,42-44,46,48-58H2,1-3H3/b10-7-,11-8-,18-16-,19-17-,24-22-,25-23-,28-27-,31-30-,41-39-,47-45-. The largest absolute Gasteiger partial charge is 0.462 e. The lowest BCUT2D eigenvalue weighted by Crippen LogP contribution is -2.30. The van der Waals surface area contributed by atoms with Gasteiger partial charge in [0, 0.05) is 19.3 Å². The molecule has 0 heterocycles. The minimum absolute atomic E-state index is 0.104. The zero-order valence-electron chi connectivity index (χ0n) is 43.8. The maximum absolute atomic E-state index is 12.7. The molecule has 1 unspecified atom stereocenters. The Bertz CT molecular complexity index is 1450. The average molecular weight is 941 g/mol. The monoisotopic (exact) mass is 941 g/mol. The molecule has 6 heteroatoms. The van der Waals surface area contributed by atoms with Crippen molar-refractivity contribution in [3.8, 4) is 0 Å². The van der Waals surface area contributed by atoms with Gasteiger partial charge in [0.1, 0.15) is 13.2 Å². The fourth-order valence-corrected chi connectivity index (χ4v) is 7.15. The van der Waals surface area contributed by atoms with E-state index in [0.717, 1.165) is 109 Å². The van der Waals surface area contributed by atoms with Crippen molar-refractivity contribution in [3.05, 3.63) is 122 Å². The molecule has 0 aliphatic rings. The summed E-state index contributed by atoms with van der Waals surface area (Å²) >= 11 is 0. The van der Waals surface area contributed by atoms with Crippen molar-refractivity contribution in [2.75, 3.05) is 13.2 Å². The SMILES string of the molecule is CC/C=C\C/C=C\C/C=C\C/C=C\C/C=C\CCCCCCCCCCCCCC(=O)OCC(COC(=O)CCCCCCCC)OC(=O)CCC/C=C\C/C=C\C/C=C\C/C=C\C/C=C\CC. The number of esters is 3. The molecule has 1 atom stereocenters. The van der Waals surface area contributed by atoms with Gasteiger partial charge in [0.15, 0.2) is 6.10 Å². The number of unbranched alkanes of at least 4 members (excludes halogenated alkanes) is 17. The fourth-order valence-electron chi connectivity index (χ4n) is 7.15. The summed E-state index contributed by atoms with van der Waals surface area (Å²) in [6.45, 7) is 6.29. The minimum Gasteiger partial charge on any atom is -0.462 e. The maximum atomic E-state index is 12.7. The summed E-state index contributed by atoms with van der Waals surface area (Å²) in [5.41, 5.74) is 0. The van der Waals surface area contributed by atoms with Gasteiger partial charge in [0.25, 0.3) is 0 Å². The smallest absolute Gasteiger partial charge is 0.306 e. The Morgan fingerprint density at radius 2 is 0.588 bits per heavy atom. The second-order valence-electron chi connectivity index (χ2n) is 17.7. The minimum atomic E-state index is -0.808. The van der Waals surface area contributed by atoms with Crippen LogP contribution in [0.1, 0.15) is 233 Å². The lowest BCUT2D eigenvalue weighted by molar-refractivity contribution is -0.167. The molecule has 0 saturated carbocycles. The van der Waals surface area contributed by atoms with Gasteiger partial charge in [-0.3, -0.25) is 14.4 Å². The van der Waals surface area contributed by atoms with Crippen LogP contribution in [0.3, 0.4) is 0 Å². The van der Waals surface area contributed by atoms with E-state index in [0.29, 0.717) is 19.3 Å². The number of carbonyl (C=O) groups is 3. The molecule has 0 fully saturated rings. The highest BCUT2D eigenvalue weighted by Gasteiger charge is 2.19. The molecule has 0 aliphatic heterocycles. The van der Waals surface area contributed by atoms with Gasteiger partial charge >= 0.3 is 17.9 Å². The highest BCUT2D eigenvalue weighted by molar-refractivity contribution is 5.71. The van der Waals surface area contributed by atoms with Gasteiger partial charge in [0.05, 0.1) is 0 Å². The maximum Gasteiger partial charge on any atom is 0.306 e. The van der Waals surface area contributed by atoms with E-state index in [2.05, 4.69) is 142 Å². The van der Waals surface area contributed by atoms with Gasteiger partial charge in [-0.25, -0.2) is 0 Å². The van der Waals surface area contributed by atoms with Crippen LogP contribution in [-0.2, 0) is 28.6 Å². The summed E-state index contributed by atoms with van der Waals surface area (Å²) in [6, 6.07) is 0. The van der Waals surface area contributed by atoms with Crippen molar-refractivity contribution in [3.63, 3.8) is 0 Å². The first-order valence-corrected chi connectivity index (χ1v) is 27.5. The van der Waals surface area contributed by atoms with Crippen LogP contribution in [0.2, 0.25) is 0 Å². The molecule has 0 spiro atoms. The van der Waals surface area contributed by atoms with Gasteiger partial charge in [-0.15, -0.1) is 0 Å². The van der Waals surface area contributed by atoms with Crippen molar-refractivity contribution in [2.45, 2.75) is 239 Å². The summed E-state index contributed by atoms with van der Waals surface area (Å²) in [5.74, 6) is -0.980. The first-order valence-electron chi connectivity index (χ1n) is 27.5. The number of hydrogen-bond acceptors (Lipinski definition) is 6. The summed E-state index contributed by atoms with van der Waals surface area (Å²) < 4.78 is 16.7. The third-order valence-electron chi connectivity index (χ3n) is 11.2. The van der Waals surface area contributed by atoms with Crippen LogP contribution >= 0.6 is 0 Å². The van der Waals surface area contributed by atoms with Crippen LogP contribution in [0.15, 0.2) is 122 Å². The fraction of sp³-hybridized carbons (Fsp3) is 0.629. The zero-order chi connectivity index (χ0) is 49.3. The van der Waals surface area contributed by atoms with Gasteiger partial charge in [0.2, 0.25) is 0 Å². The van der Waals surface area contributed by atoms with Crippen molar-refractivity contribution in [2.24, 2.45) is 0 Å². The molecule has 384 valence electrons. The molecule has 0 aromatic heterocycles. The molecule has 6 nitrogen and oxygen atoms in total. The Hall–Kier alpha value is -4.19. The van der Waals surface area contributed by atoms with Crippen molar-refractivity contribution in [1.82, 2.24) is 0 Å². The van der Waals surface area contributed by atoms with E-state index < -0.39 is 6.10 Å². The molecule has 0 N–H and O–H groups in total. The van der Waals surface area contributed by atoms with E-state index in [1.54, 1.807) is 0 Å². The van der Waals surface area contributed by atoms with Crippen LogP contribution in [0.4, 0.5) is 0 Å². The lowest BCUT2D eigenvalue weighted by Gasteiger charge is -2.18. The van der Waals surface area contributed by atoms with E-state index >= 15 is 0 Å². The second kappa shape index (κ2) is 55.4. The molecule has 0 radical (unpaired) electrons. The van der Waals surface area contributed by atoms with Crippen molar-refractivity contribution < 1.29 is 28.6 Å². The first-order chi connectivity index (χ1) is 33.5. The van der Waals surface area contributed by atoms with Gasteiger partial charge in [-0.2, -0.15) is 0 Å². The van der Waals surface area contributed by atoms with E-state index in [4.69, 9.17) is 14.2 Å². The number of hydrogen-bond donors (Lipinski definition) is 0. The number of ether oxygens (including phenoxy) is 3. The van der Waals surface area contributed by atoms with Crippen molar-refractivity contribution in [1.29, 1.82) is 0 Å². The molecule has 0 aliphatic carbocycles. The Labute approximate surface area is 418 Å². The predicted molar refractivity (Wildman–Crippen MR) is 293 cm³/mol. The lowest BCUT2D eigenvalue weighted by atomic mass is 10.0. The summed E-state index contributed by atoms with van der Waals surface area (Å²) in [6.07, 6.45) is 76.6. The Balaban J connectivity index is 4.21. The van der Waals surface area contributed by atoms with E-state index in [9.17, 15) is 14.4 Å². The summed E-state index contributed by atoms with van der Waals surface area (Å²) in [5, 5.41) is 0. The quantitative estimate of drug-likeness (QED) is 0.0262. The van der Waals surface area contributed by atoms with Crippen molar-refractivity contribution >= 4 is 17.9 Å². The molecule has 0 saturated heterocycles. The highest BCUT2D eigenvalue weighted by Crippen LogP contribution is 2.14. The Kier molecular flexibility index (Phi) is 52.0. The molecule has 0 aromatic carbocycles. The number of carbonyl (C=O) groups excluding carboxylic acids is 3. The first kappa shape index (κ1) is 63.8. The molecule has 0 bridgehead atoms. The summed E-state index contributed by atoms with van der Waals surface area (Å²) in [7, 11) is 0. The predicted octanol–water partition coefficient (Wildman–Crippen LogP) is 18.5. The molecule has 0 amide bonds. The van der Waals surface area contributed by atoms with E-state index in [1.165, 1.54) is 77.0 Å². The van der Waals surface area contributed by atoms with Crippen LogP contribution < -0.4 is 0 Å². The number of rotatable bonds is 48. The van der Waals surface area contributed by atoms with Crippen LogP contribution in [-0.4, -0.2) is 37.2 Å². The Morgan fingerprint density at radius 3 is 0.941 bits per heavy atom. The zero-order valence-corrected chi connectivity index (χ0v) is 43.8. The Morgan fingerprint density at radius 1 is 0.309 bits per heavy atom. The van der Waals surface area contributed by atoms with Crippen LogP contribution in [0.5, 0.6) is 0 Å². The molecule has 0 aromatic rings. The topological polar surface area (TPSA) is 78.9 Å². The van der Waals surface area contributed by atoms with Crippen LogP contribution in [0.25, 0.3) is 0 Å². The third-order valence-corrected chi connectivity index (χ3v) is 11.2. The molecular formula is C62H100O6. The highest BCUT2D eigenvalue weighted by atomic mass is 16.6. The van der Waals surface area contributed by atoms with Gasteiger partial charge in [-0.1, -0.05) is 232 Å². The van der Waals surface area contributed by atoms with Gasteiger partial charge in [-0.05, 0) is 103 Å². The summed E-state index contributed by atoms with van der Waals surface area (Å²) in [4.78, 5) is 37.8. The normalized spacial score (nSPS) is 13.0.